The minimum Gasteiger partial charge on any atom is -0.462 e. The lowest BCUT2D eigenvalue weighted by Gasteiger charge is -1.97. The number of aromatic nitrogens is 1. The first-order chi connectivity index (χ1) is 9.04. The van der Waals surface area contributed by atoms with Gasteiger partial charge >= 0.3 is 5.97 Å². The van der Waals surface area contributed by atoms with Gasteiger partial charge in [-0.15, -0.1) is 11.3 Å². The zero-order valence-electron chi connectivity index (χ0n) is 10.3. The van der Waals surface area contributed by atoms with Crippen LogP contribution in [0, 0.1) is 6.92 Å². The van der Waals surface area contributed by atoms with Crippen molar-refractivity contribution in [2.45, 2.75) is 20.3 Å². The van der Waals surface area contributed by atoms with Crippen LogP contribution in [0.2, 0.25) is 0 Å². The lowest BCUT2D eigenvalue weighted by molar-refractivity contribution is 0.0532. The van der Waals surface area contributed by atoms with Gasteiger partial charge in [-0.05, 0) is 26.0 Å². The van der Waals surface area contributed by atoms with Gasteiger partial charge in [0.2, 0.25) is 5.76 Å². The van der Waals surface area contributed by atoms with Crippen molar-refractivity contribution in [3.63, 3.8) is 0 Å². The zero-order valence-corrected chi connectivity index (χ0v) is 11.1. The van der Waals surface area contributed by atoms with E-state index in [9.17, 15) is 13.6 Å². The highest BCUT2D eigenvalue weighted by Gasteiger charge is 2.22. The SMILES string of the molecule is CCOC(=O)c1ccc(-c2noc(C(F)F)c2C)s1. The maximum absolute atomic E-state index is 12.6. The Morgan fingerprint density at radius 2 is 2.26 bits per heavy atom. The van der Waals surface area contributed by atoms with Crippen LogP contribution >= 0.6 is 11.3 Å². The maximum atomic E-state index is 12.6. The number of hydrogen-bond acceptors (Lipinski definition) is 5. The normalized spacial score (nSPS) is 11.0. The Hall–Kier alpha value is -1.76. The summed E-state index contributed by atoms with van der Waals surface area (Å²) < 4.78 is 34.7. The number of nitrogens with zero attached hydrogens (tertiary/aromatic N) is 1. The summed E-state index contributed by atoms with van der Waals surface area (Å²) in [5.41, 5.74) is 0.614. The van der Waals surface area contributed by atoms with E-state index in [0.29, 0.717) is 15.4 Å². The number of rotatable bonds is 4. The zero-order chi connectivity index (χ0) is 14.0. The van der Waals surface area contributed by atoms with Gasteiger partial charge in [-0.3, -0.25) is 0 Å². The lowest BCUT2D eigenvalue weighted by Crippen LogP contribution is -2.01. The third-order valence-electron chi connectivity index (χ3n) is 2.47. The first-order valence-corrected chi connectivity index (χ1v) is 6.37. The van der Waals surface area contributed by atoms with Gasteiger partial charge in [0, 0.05) is 5.56 Å². The molecule has 0 aliphatic carbocycles. The van der Waals surface area contributed by atoms with E-state index in [1.165, 1.54) is 6.92 Å². The molecule has 0 aliphatic heterocycles. The van der Waals surface area contributed by atoms with Gasteiger partial charge in [0.25, 0.3) is 6.43 Å². The standard InChI is InChI=1S/C12H11F2NO3S/c1-3-17-12(16)8-5-4-7(19-8)9-6(2)10(11(13)14)18-15-9/h4-5,11H,3H2,1-2H3. The molecule has 0 atom stereocenters. The monoisotopic (exact) mass is 287 g/mol. The third-order valence-corrected chi connectivity index (χ3v) is 3.55. The summed E-state index contributed by atoms with van der Waals surface area (Å²) in [6.45, 7) is 3.50. The van der Waals surface area contributed by atoms with Crippen LogP contribution in [0.25, 0.3) is 10.6 Å². The smallest absolute Gasteiger partial charge is 0.348 e. The van der Waals surface area contributed by atoms with E-state index < -0.39 is 18.2 Å². The summed E-state index contributed by atoms with van der Waals surface area (Å²) >= 11 is 1.13. The minimum absolute atomic E-state index is 0.282. The molecule has 2 rings (SSSR count). The predicted octanol–water partition coefficient (Wildman–Crippen LogP) is 3.83. The fraction of sp³-hybridized carbons (Fsp3) is 0.333. The number of carbonyl (C=O) groups is 1. The Kier molecular flexibility index (Phi) is 3.94. The number of hydrogen-bond donors (Lipinski definition) is 0. The first-order valence-electron chi connectivity index (χ1n) is 5.56. The van der Waals surface area contributed by atoms with E-state index in [1.807, 2.05) is 0 Å². The molecule has 0 saturated heterocycles. The van der Waals surface area contributed by atoms with Crippen molar-refractivity contribution in [1.82, 2.24) is 5.16 Å². The second-order valence-corrected chi connectivity index (χ2v) is 4.79. The van der Waals surface area contributed by atoms with E-state index in [2.05, 4.69) is 9.68 Å². The molecule has 0 radical (unpaired) electrons. The average molecular weight is 287 g/mol. The van der Waals surface area contributed by atoms with Crippen LogP contribution in [-0.2, 0) is 4.74 Å². The molecule has 0 spiro atoms. The van der Waals surface area contributed by atoms with Gasteiger partial charge in [-0.1, -0.05) is 5.16 Å². The Morgan fingerprint density at radius 1 is 1.53 bits per heavy atom. The van der Waals surface area contributed by atoms with Crippen LogP contribution in [0.5, 0.6) is 0 Å². The summed E-state index contributed by atoms with van der Waals surface area (Å²) in [5, 5.41) is 3.63. The number of carbonyl (C=O) groups excluding carboxylic acids is 1. The second kappa shape index (κ2) is 5.48. The second-order valence-electron chi connectivity index (χ2n) is 3.71. The fourth-order valence-electron chi connectivity index (χ4n) is 1.56. The lowest BCUT2D eigenvalue weighted by atomic mass is 10.2. The van der Waals surface area contributed by atoms with E-state index in [1.54, 1.807) is 19.1 Å². The van der Waals surface area contributed by atoms with Gasteiger partial charge < -0.3 is 9.26 Å². The molecule has 0 amide bonds. The van der Waals surface area contributed by atoms with Crippen molar-refractivity contribution in [2.75, 3.05) is 6.61 Å². The van der Waals surface area contributed by atoms with Crippen LogP contribution in [0.3, 0.4) is 0 Å². The van der Waals surface area contributed by atoms with Gasteiger partial charge in [-0.25, -0.2) is 13.6 Å². The molecule has 2 aromatic rings. The largest absolute Gasteiger partial charge is 0.462 e. The van der Waals surface area contributed by atoms with Crippen molar-refractivity contribution in [2.24, 2.45) is 0 Å². The van der Waals surface area contributed by atoms with Crippen molar-refractivity contribution < 1.29 is 22.8 Å². The summed E-state index contributed by atoms with van der Waals surface area (Å²) in [4.78, 5) is 12.5. The third kappa shape index (κ3) is 2.65. The quantitative estimate of drug-likeness (QED) is 0.802. The van der Waals surface area contributed by atoms with Gasteiger partial charge in [-0.2, -0.15) is 0 Å². The molecule has 0 unspecified atom stereocenters. The topological polar surface area (TPSA) is 52.3 Å². The molecule has 2 heterocycles. The van der Waals surface area contributed by atoms with Crippen LogP contribution < -0.4 is 0 Å². The first kappa shape index (κ1) is 13.7. The molecule has 7 heteroatoms. The van der Waals surface area contributed by atoms with Crippen LogP contribution in [0.15, 0.2) is 16.7 Å². The fourth-order valence-corrected chi connectivity index (χ4v) is 2.50. The molecule has 0 fully saturated rings. The van der Waals surface area contributed by atoms with E-state index in [0.717, 1.165) is 11.3 Å². The van der Waals surface area contributed by atoms with Crippen LogP contribution in [0.4, 0.5) is 8.78 Å². The van der Waals surface area contributed by atoms with Crippen LogP contribution in [-0.4, -0.2) is 17.7 Å². The number of esters is 1. The van der Waals surface area contributed by atoms with Crippen molar-refractivity contribution in [1.29, 1.82) is 0 Å². The number of ether oxygens (including phenoxy) is 1. The Bertz CT molecular complexity index is 592. The molecule has 2 aromatic heterocycles. The highest BCUT2D eigenvalue weighted by molar-refractivity contribution is 7.17. The maximum Gasteiger partial charge on any atom is 0.348 e. The van der Waals surface area contributed by atoms with Gasteiger partial charge in [0.15, 0.2) is 0 Å². The highest BCUT2D eigenvalue weighted by Crippen LogP contribution is 2.34. The molecular weight excluding hydrogens is 276 g/mol. The number of halogens is 2. The summed E-state index contributed by atoms with van der Waals surface area (Å²) in [6.07, 6.45) is -2.70. The van der Waals surface area contributed by atoms with Gasteiger partial charge in [0.05, 0.1) is 11.5 Å². The Balaban J connectivity index is 2.31. The van der Waals surface area contributed by atoms with Crippen molar-refractivity contribution >= 4 is 17.3 Å². The minimum atomic E-state index is -2.70. The number of thiophene rings is 1. The molecule has 0 saturated carbocycles. The van der Waals surface area contributed by atoms with E-state index in [4.69, 9.17) is 4.74 Å². The van der Waals surface area contributed by atoms with Crippen molar-refractivity contribution in [3.8, 4) is 10.6 Å². The van der Waals surface area contributed by atoms with Gasteiger partial charge in [0.1, 0.15) is 10.6 Å². The molecule has 4 nitrogen and oxygen atoms in total. The molecule has 0 N–H and O–H groups in total. The molecule has 19 heavy (non-hydrogen) atoms. The summed E-state index contributed by atoms with van der Waals surface area (Å²) in [7, 11) is 0. The average Bonchev–Trinajstić information content (AvgIpc) is 2.95. The molecule has 0 bridgehead atoms. The molecule has 0 aromatic carbocycles. The van der Waals surface area contributed by atoms with E-state index in [-0.39, 0.29) is 12.2 Å². The van der Waals surface area contributed by atoms with Crippen molar-refractivity contribution in [3.05, 3.63) is 28.3 Å². The van der Waals surface area contributed by atoms with E-state index >= 15 is 0 Å². The highest BCUT2D eigenvalue weighted by atomic mass is 32.1. The number of alkyl halides is 2. The molecular formula is C12H11F2NO3S. The molecule has 0 aliphatic rings. The Morgan fingerprint density at radius 3 is 2.84 bits per heavy atom. The Labute approximate surface area is 112 Å². The van der Waals surface area contributed by atoms with Crippen LogP contribution in [0.1, 0.15) is 34.3 Å². The molecule has 102 valence electrons. The summed E-state index contributed by atoms with van der Waals surface area (Å²) in [5.74, 6) is -0.880. The predicted molar refractivity (Wildman–Crippen MR) is 65.5 cm³/mol. The summed E-state index contributed by atoms with van der Waals surface area (Å²) in [6, 6.07) is 3.21.